The molecule has 1 atom stereocenters. The number of halogens is 3. The van der Waals surface area contributed by atoms with Gasteiger partial charge in [0.15, 0.2) is 5.82 Å². The molecule has 1 aliphatic heterocycles. The fraction of sp³-hybridized carbons (Fsp3) is 0.348. The molecular formula is C23H23F3N8O. The second-order valence-electron chi connectivity index (χ2n) is 8.50. The highest BCUT2D eigenvalue weighted by Gasteiger charge is 2.42. The molecule has 0 aliphatic carbocycles. The predicted molar refractivity (Wildman–Crippen MR) is 121 cm³/mol. The van der Waals surface area contributed by atoms with Crippen LogP contribution in [0.25, 0.3) is 17.2 Å². The molecule has 0 spiro atoms. The van der Waals surface area contributed by atoms with Gasteiger partial charge in [-0.2, -0.15) is 18.3 Å². The largest absolute Gasteiger partial charge is 0.396 e. The van der Waals surface area contributed by atoms with E-state index >= 15 is 0 Å². The zero-order valence-electron chi connectivity index (χ0n) is 18.9. The zero-order chi connectivity index (χ0) is 24.7. The summed E-state index contributed by atoms with van der Waals surface area (Å²) in [6, 6.07) is 7.23. The summed E-state index contributed by atoms with van der Waals surface area (Å²) in [5, 5.41) is 7.27. The van der Waals surface area contributed by atoms with Gasteiger partial charge in [0.25, 0.3) is 5.91 Å². The van der Waals surface area contributed by atoms with Gasteiger partial charge in [0.1, 0.15) is 11.5 Å². The van der Waals surface area contributed by atoms with Crippen LogP contribution in [0.2, 0.25) is 0 Å². The molecule has 12 heteroatoms. The Morgan fingerprint density at radius 3 is 2.71 bits per heavy atom. The van der Waals surface area contributed by atoms with Crippen molar-refractivity contribution in [3.63, 3.8) is 0 Å². The Balaban J connectivity index is 1.28. The number of amides is 1. The first-order chi connectivity index (χ1) is 16.7. The third kappa shape index (κ3) is 4.43. The van der Waals surface area contributed by atoms with Gasteiger partial charge in [-0.25, -0.2) is 19.6 Å². The van der Waals surface area contributed by atoms with E-state index in [-0.39, 0.29) is 31.8 Å². The number of nitrogen functional groups attached to an aromatic ring is 1. The lowest BCUT2D eigenvalue weighted by Crippen LogP contribution is -2.31. The number of hydrogen-bond acceptors (Lipinski definition) is 6. The predicted octanol–water partition coefficient (Wildman–Crippen LogP) is 3.19. The molecule has 0 saturated heterocycles. The van der Waals surface area contributed by atoms with E-state index in [0.29, 0.717) is 46.5 Å². The molecule has 0 bridgehead atoms. The van der Waals surface area contributed by atoms with Gasteiger partial charge in [0, 0.05) is 31.3 Å². The number of nitrogens with two attached hydrogens (primary N) is 1. The number of hydrogen-bond donors (Lipinski definition) is 2. The number of aryl methyl sites for hydroxylation is 2. The van der Waals surface area contributed by atoms with E-state index in [4.69, 9.17) is 5.73 Å². The highest BCUT2D eigenvalue weighted by molar-refractivity contribution is 5.94. The van der Waals surface area contributed by atoms with Crippen LogP contribution in [-0.4, -0.2) is 41.2 Å². The number of carbonyl (C=O) groups is 1. The molecule has 1 unspecified atom stereocenters. The smallest absolute Gasteiger partial charge is 0.392 e. The van der Waals surface area contributed by atoms with Crippen molar-refractivity contribution in [1.82, 2.24) is 34.4 Å². The van der Waals surface area contributed by atoms with E-state index in [1.54, 1.807) is 27.4 Å². The number of anilines is 1. The summed E-state index contributed by atoms with van der Waals surface area (Å²) in [5.74, 6) is -0.538. The Kier molecular flexibility index (Phi) is 5.65. The Morgan fingerprint density at radius 1 is 1.23 bits per heavy atom. The maximum absolute atomic E-state index is 13.1. The van der Waals surface area contributed by atoms with Gasteiger partial charge >= 0.3 is 6.18 Å². The number of imidazole rings is 1. The monoisotopic (exact) mass is 484 g/mol. The standard InChI is InChI=1S/C23H23F3N8O/c1-2-17-19(33-12-16(27)11-29-22(33)30-17)21(35)28-10-13-3-5-14(6-4-13)20-31-18-9-15(23(24,25)26)7-8-34(18)32-20/h3-6,11-12,15H,2,7-10,27H2,1H3,(H,28,35). The van der Waals surface area contributed by atoms with Crippen molar-refractivity contribution in [2.24, 2.45) is 5.92 Å². The zero-order valence-corrected chi connectivity index (χ0v) is 18.9. The molecule has 0 radical (unpaired) electrons. The third-order valence-electron chi connectivity index (χ3n) is 6.12. The molecular weight excluding hydrogens is 461 g/mol. The first-order valence-corrected chi connectivity index (χ1v) is 11.2. The molecule has 182 valence electrons. The second kappa shape index (κ2) is 8.67. The Labute approximate surface area is 198 Å². The highest BCUT2D eigenvalue weighted by atomic mass is 19.4. The molecule has 35 heavy (non-hydrogen) atoms. The van der Waals surface area contributed by atoms with Crippen LogP contribution in [0.5, 0.6) is 0 Å². The average Bonchev–Trinajstić information content (AvgIpc) is 3.42. The molecule has 1 amide bonds. The van der Waals surface area contributed by atoms with Crippen LogP contribution in [0.1, 0.15) is 40.9 Å². The quantitative estimate of drug-likeness (QED) is 0.450. The normalized spacial score (nSPS) is 15.8. The van der Waals surface area contributed by atoms with Crippen LogP contribution in [0, 0.1) is 5.92 Å². The average molecular weight is 484 g/mol. The van der Waals surface area contributed by atoms with Crippen LogP contribution in [0.4, 0.5) is 18.9 Å². The topological polar surface area (TPSA) is 116 Å². The summed E-state index contributed by atoms with van der Waals surface area (Å²) in [6.45, 7) is 2.37. The number of carbonyl (C=O) groups excluding carboxylic acids is 1. The van der Waals surface area contributed by atoms with Gasteiger partial charge in [-0.05, 0) is 18.4 Å². The van der Waals surface area contributed by atoms with Crippen LogP contribution < -0.4 is 11.1 Å². The van der Waals surface area contributed by atoms with E-state index in [9.17, 15) is 18.0 Å². The van der Waals surface area contributed by atoms with Crippen molar-refractivity contribution >= 4 is 17.4 Å². The molecule has 1 aromatic carbocycles. The minimum Gasteiger partial charge on any atom is -0.396 e. The van der Waals surface area contributed by atoms with E-state index in [2.05, 4.69) is 25.4 Å². The van der Waals surface area contributed by atoms with E-state index in [0.717, 1.165) is 5.56 Å². The number of nitrogens with zero attached hydrogens (tertiary/aromatic N) is 6. The maximum Gasteiger partial charge on any atom is 0.392 e. The maximum atomic E-state index is 13.1. The summed E-state index contributed by atoms with van der Waals surface area (Å²) in [4.78, 5) is 25.8. The van der Waals surface area contributed by atoms with Gasteiger partial charge in [-0.1, -0.05) is 31.2 Å². The number of nitrogens with one attached hydrogen (secondary N) is 1. The van der Waals surface area contributed by atoms with Crippen LogP contribution in [-0.2, 0) is 25.9 Å². The van der Waals surface area contributed by atoms with Gasteiger partial charge in [-0.15, -0.1) is 0 Å². The lowest BCUT2D eigenvalue weighted by atomic mass is 9.98. The van der Waals surface area contributed by atoms with Gasteiger partial charge in [0.05, 0.1) is 23.5 Å². The molecule has 4 aromatic rings. The fourth-order valence-electron chi connectivity index (χ4n) is 4.23. The van der Waals surface area contributed by atoms with Crippen molar-refractivity contribution < 1.29 is 18.0 Å². The highest BCUT2D eigenvalue weighted by Crippen LogP contribution is 2.34. The van der Waals surface area contributed by atoms with Crippen LogP contribution in [0.3, 0.4) is 0 Å². The molecule has 0 saturated carbocycles. The van der Waals surface area contributed by atoms with E-state index < -0.39 is 12.1 Å². The van der Waals surface area contributed by atoms with Crippen molar-refractivity contribution in [1.29, 1.82) is 0 Å². The lowest BCUT2D eigenvalue weighted by Gasteiger charge is -2.24. The minimum absolute atomic E-state index is 0.00676. The van der Waals surface area contributed by atoms with Crippen LogP contribution in [0.15, 0.2) is 36.7 Å². The Morgan fingerprint density at radius 2 is 2.00 bits per heavy atom. The number of aromatic nitrogens is 6. The number of benzene rings is 1. The molecule has 3 aromatic heterocycles. The lowest BCUT2D eigenvalue weighted by molar-refractivity contribution is -0.179. The minimum atomic E-state index is -4.23. The summed E-state index contributed by atoms with van der Waals surface area (Å²) in [5.41, 5.74) is 8.80. The first-order valence-electron chi connectivity index (χ1n) is 11.2. The molecule has 9 nitrogen and oxygen atoms in total. The van der Waals surface area contributed by atoms with Gasteiger partial charge in [-0.3, -0.25) is 9.20 Å². The first kappa shape index (κ1) is 22.8. The van der Waals surface area contributed by atoms with Crippen molar-refractivity contribution in [3.8, 4) is 11.4 Å². The summed E-state index contributed by atoms with van der Waals surface area (Å²) in [6.07, 6.45) is -0.713. The Hall–Kier alpha value is -3.96. The van der Waals surface area contributed by atoms with Crippen molar-refractivity contribution in [2.75, 3.05) is 5.73 Å². The number of rotatable bonds is 5. The number of alkyl halides is 3. The summed E-state index contributed by atoms with van der Waals surface area (Å²) >= 11 is 0. The van der Waals surface area contributed by atoms with Crippen molar-refractivity contribution in [2.45, 2.75) is 45.5 Å². The van der Waals surface area contributed by atoms with Gasteiger partial charge < -0.3 is 11.1 Å². The third-order valence-corrected chi connectivity index (χ3v) is 6.12. The molecule has 5 rings (SSSR count). The second-order valence-corrected chi connectivity index (χ2v) is 8.50. The Bertz CT molecular complexity index is 1390. The van der Waals surface area contributed by atoms with Crippen LogP contribution >= 0.6 is 0 Å². The molecule has 3 N–H and O–H groups in total. The SMILES string of the molecule is CCc1nc2ncc(N)cn2c1C(=O)NCc1ccc(-c2nc3n(n2)CCC(C(F)(F)F)C3)cc1. The van der Waals surface area contributed by atoms with E-state index in [1.807, 2.05) is 19.1 Å². The molecule has 4 heterocycles. The molecule has 1 aliphatic rings. The summed E-state index contributed by atoms with van der Waals surface area (Å²) < 4.78 is 42.3. The van der Waals surface area contributed by atoms with Crippen molar-refractivity contribution in [3.05, 3.63) is 59.4 Å². The number of fused-ring (bicyclic) bond motifs is 2. The summed E-state index contributed by atoms with van der Waals surface area (Å²) in [7, 11) is 0. The van der Waals surface area contributed by atoms with Gasteiger partial charge in [0.2, 0.25) is 5.78 Å². The molecule has 0 fully saturated rings. The van der Waals surface area contributed by atoms with E-state index in [1.165, 1.54) is 6.20 Å². The fourth-order valence-corrected chi connectivity index (χ4v) is 4.23.